The molecule has 2 atom stereocenters. The molecule has 0 saturated heterocycles. The Hall–Kier alpha value is -0.940. The van der Waals surface area contributed by atoms with Crippen LogP contribution in [0.2, 0.25) is 0 Å². The molecule has 0 aliphatic carbocycles. The van der Waals surface area contributed by atoms with Gasteiger partial charge < -0.3 is 0 Å². The van der Waals surface area contributed by atoms with Crippen molar-refractivity contribution in [1.82, 2.24) is 0 Å². The van der Waals surface area contributed by atoms with Crippen molar-refractivity contribution in [2.45, 2.75) is 26.9 Å². The lowest BCUT2D eigenvalue weighted by molar-refractivity contribution is -0.226. The maximum absolute atomic E-state index is 10.5. The molecule has 120 valence electrons. The highest BCUT2D eigenvalue weighted by atomic mass is 32.2. The number of allylic oxidation sites excluding steroid dienone is 1. The van der Waals surface area contributed by atoms with E-state index < -0.39 is 27.3 Å². The molecule has 0 saturated carbocycles. The smallest absolute Gasteiger partial charge is 0.261 e. The van der Waals surface area contributed by atoms with Gasteiger partial charge in [-0.05, 0) is 26.8 Å². The van der Waals surface area contributed by atoms with Gasteiger partial charge in [-0.25, -0.2) is 9.10 Å². The summed E-state index contributed by atoms with van der Waals surface area (Å²) in [5.41, 5.74) is 0. The van der Waals surface area contributed by atoms with Gasteiger partial charge in [0, 0.05) is 6.26 Å². The van der Waals surface area contributed by atoms with Crippen LogP contribution in [0.25, 0.3) is 0 Å². The van der Waals surface area contributed by atoms with Gasteiger partial charge in [-0.15, -0.1) is 4.33 Å². The summed E-state index contributed by atoms with van der Waals surface area (Å²) in [4.78, 5) is 24.6. The second kappa shape index (κ2) is 13.1. The Balaban J connectivity index is -0.000000244. The lowest BCUT2D eigenvalue weighted by Gasteiger charge is -2.04. The fourth-order valence-electron chi connectivity index (χ4n) is 0.182. The molecule has 0 aromatic heterocycles. The Kier molecular flexibility index (Phi) is 15.7. The van der Waals surface area contributed by atoms with E-state index in [0.29, 0.717) is 6.26 Å². The fraction of sp³-hybridized carbons (Fsp3) is 0.600. The Morgan fingerprint density at radius 3 is 1.80 bits per heavy atom. The Labute approximate surface area is 121 Å². The molecular formula is C10H20O8S2. The summed E-state index contributed by atoms with van der Waals surface area (Å²) in [5, 5.41) is 0. The largest absolute Gasteiger partial charge is 0.297 e. The van der Waals surface area contributed by atoms with E-state index in [2.05, 4.69) is 15.8 Å². The van der Waals surface area contributed by atoms with Crippen molar-refractivity contribution in [3.63, 3.8) is 0 Å². The van der Waals surface area contributed by atoms with Gasteiger partial charge in [0.05, 0.1) is 6.26 Å². The molecular weight excluding hydrogens is 312 g/mol. The molecule has 10 heteroatoms. The van der Waals surface area contributed by atoms with Gasteiger partial charge in [0.25, 0.3) is 10.1 Å². The van der Waals surface area contributed by atoms with E-state index in [0.717, 1.165) is 0 Å². The third-order valence-corrected chi connectivity index (χ3v) is 1.41. The molecule has 0 aliphatic heterocycles. The zero-order valence-corrected chi connectivity index (χ0v) is 13.6. The number of hydrogen-bond donors (Lipinski definition) is 1. The predicted octanol–water partition coefficient (Wildman–Crippen LogP) is 0.471. The number of Topliss-reactive ketones (excluding diaryl/α,β-unsaturated/α-hetero) is 1. The molecule has 20 heavy (non-hydrogen) atoms. The van der Waals surface area contributed by atoms with Crippen LogP contribution in [-0.2, 0) is 40.0 Å². The highest BCUT2D eigenvalue weighted by molar-refractivity contribution is 7.85. The number of rotatable bonds is 5. The van der Waals surface area contributed by atoms with E-state index in [1.54, 1.807) is 0 Å². The molecule has 0 heterocycles. The number of carbonyl (C=O) groups excluding carboxylic acids is 2. The first-order valence-electron chi connectivity index (χ1n) is 5.04. The third-order valence-electron chi connectivity index (χ3n) is 1.14. The summed E-state index contributed by atoms with van der Waals surface area (Å²) in [6, 6.07) is 0. The zero-order valence-electron chi connectivity index (χ0n) is 12.0. The predicted molar refractivity (Wildman–Crippen MR) is 74.7 cm³/mol. The van der Waals surface area contributed by atoms with Crippen LogP contribution in [0.4, 0.5) is 0 Å². The molecule has 0 bridgehead atoms. The molecule has 2 unspecified atom stereocenters. The molecule has 0 spiro atoms. The normalized spacial score (nSPS) is 12.7. The first-order valence-corrected chi connectivity index (χ1v) is 8.37. The van der Waals surface area contributed by atoms with E-state index >= 15 is 0 Å². The molecule has 0 fully saturated rings. The van der Waals surface area contributed by atoms with Gasteiger partial charge in [-0.1, -0.05) is 6.58 Å². The second-order valence-corrected chi connectivity index (χ2v) is 5.77. The van der Waals surface area contributed by atoms with Crippen LogP contribution in [0.15, 0.2) is 12.7 Å². The molecule has 0 aliphatic rings. The molecule has 1 N–H and O–H groups in total. The minimum atomic E-state index is -3.67. The molecule has 8 nitrogen and oxygen atoms in total. The summed E-state index contributed by atoms with van der Waals surface area (Å²) in [5.74, 6) is -0.143. The van der Waals surface area contributed by atoms with Gasteiger partial charge in [0.1, 0.15) is 6.10 Å². The third kappa shape index (κ3) is 43.5. The summed E-state index contributed by atoms with van der Waals surface area (Å²) in [6.45, 7) is 7.57. The van der Waals surface area contributed by atoms with Crippen LogP contribution < -0.4 is 0 Å². The Morgan fingerprint density at radius 2 is 1.65 bits per heavy atom. The Morgan fingerprint density at radius 1 is 1.35 bits per heavy atom. The van der Waals surface area contributed by atoms with Crippen LogP contribution >= 0.6 is 0 Å². The minimum Gasteiger partial charge on any atom is -0.297 e. The lowest BCUT2D eigenvalue weighted by atomic mass is 10.3. The van der Waals surface area contributed by atoms with Crippen LogP contribution in [0, 0.1) is 0 Å². The number of hydrogen-bond acceptors (Lipinski definition) is 7. The van der Waals surface area contributed by atoms with E-state index in [1.807, 2.05) is 0 Å². The highest BCUT2D eigenvalue weighted by Gasteiger charge is 2.08. The van der Waals surface area contributed by atoms with Gasteiger partial charge in [-0.2, -0.15) is 8.42 Å². The SMILES string of the molecule is C=CC(C)=O.CC(=O)C(C)OOS(C)=O.CS(=O)(=O)O. The molecule has 0 aromatic rings. The summed E-state index contributed by atoms with van der Waals surface area (Å²) in [7, 11) is -3.67. The standard InChI is InChI=1S/C5H10O4S.C4H6O.CH4O3S/c1-4(6)5(2)8-9-10(3)7;1-3-4(2)5;1-5(2,3)4/h5H,1-3H3;3H,1H2,2H3;1H3,(H,2,3,4). The summed E-state index contributed by atoms with van der Waals surface area (Å²) >= 11 is -1.48. The monoisotopic (exact) mass is 332 g/mol. The first kappa shape index (κ1) is 24.1. The maximum atomic E-state index is 10.5. The van der Waals surface area contributed by atoms with Crippen molar-refractivity contribution >= 4 is 32.8 Å². The maximum Gasteiger partial charge on any atom is 0.261 e. The number of carbonyl (C=O) groups is 2. The molecule has 0 aromatic carbocycles. The van der Waals surface area contributed by atoms with Gasteiger partial charge in [-0.3, -0.25) is 14.1 Å². The minimum absolute atomic E-state index is 0.0185. The van der Waals surface area contributed by atoms with Gasteiger partial charge >= 0.3 is 0 Å². The van der Waals surface area contributed by atoms with Crippen molar-refractivity contribution in [3.8, 4) is 0 Å². The molecule has 0 rings (SSSR count). The van der Waals surface area contributed by atoms with E-state index in [1.165, 1.54) is 33.1 Å². The van der Waals surface area contributed by atoms with Crippen molar-refractivity contribution < 1.29 is 36.0 Å². The first-order chi connectivity index (χ1) is 8.81. The van der Waals surface area contributed by atoms with Crippen LogP contribution in [0.3, 0.4) is 0 Å². The van der Waals surface area contributed by atoms with E-state index in [-0.39, 0.29) is 11.6 Å². The summed E-state index contributed by atoms with van der Waals surface area (Å²) in [6.07, 6.45) is 2.66. The molecule has 0 amide bonds. The Bertz CT molecular complexity index is 419. The lowest BCUT2D eigenvalue weighted by Crippen LogP contribution is -2.17. The van der Waals surface area contributed by atoms with Crippen molar-refractivity contribution in [1.29, 1.82) is 0 Å². The quantitative estimate of drug-likeness (QED) is 0.333. The van der Waals surface area contributed by atoms with Crippen molar-refractivity contribution in [3.05, 3.63) is 12.7 Å². The fourth-order valence-corrected chi connectivity index (χ4v) is 0.410. The van der Waals surface area contributed by atoms with Crippen molar-refractivity contribution in [2.24, 2.45) is 0 Å². The zero-order chi connectivity index (χ0) is 16.9. The topological polar surface area (TPSA) is 124 Å². The second-order valence-electron chi connectivity index (χ2n) is 3.37. The highest BCUT2D eigenvalue weighted by Crippen LogP contribution is 1.93. The van der Waals surface area contributed by atoms with Crippen LogP contribution in [0.5, 0.6) is 0 Å². The van der Waals surface area contributed by atoms with Gasteiger partial charge in [0.15, 0.2) is 22.6 Å². The molecule has 0 radical (unpaired) electrons. The van der Waals surface area contributed by atoms with E-state index in [4.69, 9.17) is 4.55 Å². The van der Waals surface area contributed by atoms with Crippen molar-refractivity contribution in [2.75, 3.05) is 12.5 Å². The average molecular weight is 332 g/mol. The average Bonchev–Trinajstić information content (AvgIpc) is 2.24. The van der Waals surface area contributed by atoms with Gasteiger partial charge in [0.2, 0.25) is 0 Å². The van der Waals surface area contributed by atoms with Crippen LogP contribution in [-0.4, -0.2) is 47.4 Å². The number of ketones is 2. The van der Waals surface area contributed by atoms with Crippen LogP contribution in [0.1, 0.15) is 20.8 Å². The van der Waals surface area contributed by atoms with E-state index in [9.17, 15) is 22.2 Å². The summed E-state index contributed by atoms with van der Waals surface area (Å²) < 4.78 is 40.3.